The second-order valence-corrected chi connectivity index (χ2v) is 5.94. The molecule has 1 fully saturated rings. The molecule has 2 aromatic rings. The molecule has 0 spiro atoms. The average molecular weight is 288 g/mol. The van der Waals surface area contributed by atoms with Crippen LogP contribution < -0.4 is 0 Å². The molecule has 2 N–H and O–H groups in total. The zero-order valence-electron chi connectivity index (χ0n) is 12.3. The van der Waals surface area contributed by atoms with E-state index >= 15 is 0 Å². The fraction of sp³-hybridized carbons (Fsp3) is 0.467. The molecule has 2 heterocycles. The van der Waals surface area contributed by atoms with E-state index in [1.54, 1.807) is 11.1 Å². The van der Waals surface area contributed by atoms with E-state index in [0.29, 0.717) is 18.5 Å². The van der Waals surface area contributed by atoms with E-state index in [1.807, 2.05) is 37.2 Å². The monoisotopic (exact) mass is 288 g/mol. The van der Waals surface area contributed by atoms with Gasteiger partial charge in [0.2, 0.25) is 0 Å². The van der Waals surface area contributed by atoms with Gasteiger partial charge in [-0.25, -0.2) is 0 Å². The maximum atomic E-state index is 12.7. The summed E-state index contributed by atoms with van der Waals surface area (Å²) < 4.78 is 0. The van der Waals surface area contributed by atoms with Gasteiger partial charge in [0.05, 0.1) is 17.8 Å². The molecule has 112 valence electrons. The number of nitrogens with zero attached hydrogens (tertiary/aromatic N) is 3. The Bertz CT molecular complexity index is 652. The number of β-amino-alcohol motifs (C(OH)–C–C–N with tert-alkyl or cyclic N) is 1. The highest BCUT2D eigenvalue weighted by Crippen LogP contribution is 2.22. The van der Waals surface area contributed by atoms with Gasteiger partial charge in [0, 0.05) is 30.1 Å². The predicted molar refractivity (Wildman–Crippen MR) is 80.1 cm³/mol. The third-order valence-corrected chi connectivity index (χ3v) is 3.92. The van der Waals surface area contributed by atoms with E-state index in [-0.39, 0.29) is 11.9 Å². The van der Waals surface area contributed by atoms with E-state index in [9.17, 15) is 9.90 Å². The fourth-order valence-electron chi connectivity index (χ4n) is 2.97. The van der Waals surface area contributed by atoms with Crippen LogP contribution in [-0.4, -0.2) is 70.3 Å². The Labute approximate surface area is 123 Å². The number of carbonyl (C=O) groups is 1. The molecule has 1 aromatic heterocycles. The number of likely N-dealkylation sites (N-methyl/N-ethyl adjacent to an activating group) is 1. The van der Waals surface area contributed by atoms with Crippen LogP contribution in [0.2, 0.25) is 0 Å². The van der Waals surface area contributed by atoms with Crippen LogP contribution >= 0.6 is 0 Å². The molecule has 1 amide bonds. The number of rotatable bonds is 3. The van der Waals surface area contributed by atoms with Gasteiger partial charge in [0.25, 0.3) is 5.91 Å². The molecule has 1 aliphatic rings. The van der Waals surface area contributed by atoms with Gasteiger partial charge in [0.1, 0.15) is 0 Å². The smallest absolute Gasteiger partial charge is 0.254 e. The minimum Gasteiger partial charge on any atom is -0.391 e. The first-order chi connectivity index (χ1) is 10.0. The third kappa shape index (κ3) is 2.77. The Hall–Kier alpha value is -1.92. The Morgan fingerprint density at radius 1 is 1.52 bits per heavy atom. The van der Waals surface area contributed by atoms with Crippen molar-refractivity contribution in [3.05, 3.63) is 30.0 Å². The van der Waals surface area contributed by atoms with Crippen molar-refractivity contribution in [3.63, 3.8) is 0 Å². The van der Waals surface area contributed by atoms with Gasteiger partial charge < -0.3 is 14.9 Å². The van der Waals surface area contributed by atoms with Crippen molar-refractivity contribution in [2.24, 2.45) is 0 Å². The van der Waals surface area contributed by atoms with Crippen molar-refractivity contribution in [1.29, 1.82) is 0 Å². The standard InChI is InChI=1S/C15H20N4O2/c1-18(2)8-12-6-13(20)9-19(12)15(21)10-3-4-11-7-16-17-14(11)5-10/h3-5,7,12-13,20H,6,8-9H2,1-2H3,(H,16,17). The van der Waals surface area contributed by atoms with Crippen LogP contribution in [-0.2, 0) is 0 Å². The van der Waals surface area contributed by atoms with Crippen molar-refractivity contribution in [2.75, 3.05) is 27.2 Å². The van der Waals surface area contributed by atoms with E-state index in [0.717, 1.165) is 17.4 Å². The van der Waals surface area contributed by atoms with E-state index < -0.39 is 6.10 Å². The molecule has 1 aromatic carbocycles. The number of aromatic nitrogens is 2. The summed E-state index contributed by atoms with van der Waals surface area (Å²) in [5.41, 5.74) is 1.48. The van der Waals surface area contributed by atoms with Gasteiger partial charge in [0.15, 0.2) is 0 Å². The zero-order valence-corrected chi connectivity index (χ0v) is 12.3. The quantitative estimate of drug-likeness (QED) is 0.872. The molecule has 0 bridgehead atoms. The van der Waals surface area contributed by atoms with Crippen LogP contribution in [0.25, 0.3) is 10.9 Å². The number of carbonyl (C=O) groups excluding carboxylic acids is 1. The van der Waals surface area contributed by atoms with Crippen LogP contribution in [0.3, 0.4) is 0 Å². The Kier molecular flexibility index (Phi) is 3.65. The largest absolute Gasteiger partial charge is 0.391 e. The molecule has 0 radical (unpaired) electrons. The minimum absolute atomic E-state index is 0.0325. The molecule has 0 saturated carbocycles. The molecular formula is C15H20N4O2. The molecule has 1 saturated heterocycles. The number of H-pyrrole nitrogens is 1. The van der Waals surface area contributed by atoms with Gasteiger partial charge in [-0.15, -0.1) is 0 Å². The maximum absolute atomic E-state index is 12.7. The number of aliphatic hydroxyl groups is 1. The highest BCUT2D eigenvalue weighted by atomic mass is 16.3. The number of likely N-dealkylation sites (tertiary alicyclic amines) is 1. The number of fused-ring (bicyclic) bond motifs is 1. The molecule has 3 rings (SSSR count). The fourth-order valence-corrected chi connectivity index (χ4v) is 2.97. The summed E-state index contributed by atoms with van der Waals surface area (Å²) in [7, 11) is 3.95. The topological polar surface area (TPSA) is 72.5 Å². The normalized spacial score (nSPS) is 22.4. The molecule has 2 atom stereocenters. The zero-order chi connectivity index (χ0) is 15.0. The summed E-state index contributed by atoms with van der Waals surface area (Å²) in [6.45, 7) is 1.16. The van der Waals surface area contributed by atoms with Crippen molar-refractivity contribution >= 4 is 16.8 Å². The van der Waals surface area contributed by atoms with Crippen molar-refractivity contribution in [1.82, 2.24) is 20.0 Å². The first-order valence-corrected chi connectivity index (χ1v) is 7.11. The molecule has 0 aliphatic carbocycles. The lowest BCUT2D eigenvalue weighted by Crippen LogP contribution is -2.41. The molecule has 2 unspecified atom stereocenters. The van der Waals surface area contributed by atoms with Crippen molar-refractivity contribution < 1.29 is 9.90 Å². The van der Waals surface area contributed by atoms with Gasteiger partial charge in [-0.2, -0.15) is 5.10 Å². The number of aromatic amines is 1. The first kappa shape index (κ1) is 14.0. The molecule has 21 heavy (non-hydrogen) atoms. The van der Waals surface area contributed by atoms with E-state index in [4.69, 9.17) is 0 Å². The number of hydrogen-bond donors (Lipinski definition) is 2. The Balaban J connectivity index is 1.85. The lowest BCUT2D eigenvalue weighted by atomic mass is 10.1. The highest BCUT2D eigenvalue weighted by molar-refractivity contribution is 5.98. The lowest BCUT2D eigenvalue weighted by molar-refractivity contribution is 0.0699. The Morgan fingerprint density at radius 2 is 2.33 bits per heavy atom. The number of hydrogen-bond acceptors (Lipinski definition) is 4. The third-order valence-electron chi connectivity index (χ3n) is 3.92. The molecule has 1 aliphatic heterocycles. The van der Waals surface area contributed by atoms with Gasteiger partial charge in [-0.3, -0.25) is 9.89 Å². The summed E-state index contributed by atoms with van der Waals surface area (Å²) in [5, 5.41) is 17.7. The van der Waals surface area contributed by atoms with Crippen LogP contribution in [0.4, 0.5) is 0 Å². The number of benzene rings is 1. The van der Waals surface area contributed by atoms with Gasteiger partial charge in [-0.05, 0) is 32.6 Å². The highest BCUT2D eigenvalue weighted by Gasteiger charge is 2.34. The number of nitrogens with one attached hydrogen (secondary N) is 1. The summed E-state index contributed by atoms with van der Waals surface area (Å²) >= 11 is 0. The van der Waals surface area contributed by atoms with E-state index in [2.05, 4.69) is 10.2 Å². The molecular weight excluding hydrogens is 268 g/mol. The van der Waals surface area contributed by atoms with Crippen LogP contribution in [0, 0.1) is 0 Å². The molecule has 6 nitrogen and oxygen atoms in total. The second-order valence-electron chi connectivity index (χ2n) is 5.94. The number of aliphatic hydroxyl groups excluding tert-OH is 1. The van der Waals surface area contributed by atoms with Crippen LogP contribution in [0.1, 0.15) is 16.8 Å². The van der Waals surface area contributed by atoms with Crippen molar-refractivity contribution in [2.45, 2.75) is 18.6 Å². The van der Waals surface area contributed by atoms with Crippen LogP contribution in [0.5, 0.6) is 0 Å². The lowest BCUT2D eigenvalue weighted by Gasteiger charge is -2.26. The second kappa shape index (κ2) is 5.46. The van der Waals surface area contributed by atoms with Gasteiger partial charge in [-0.1, -0.05) is 6.07 Å². The average Bonchev–Trinajstić information content (AvgIpc) is 3.02. The van der Waals surface area contributed by atoms with E-state index in [1.165, 1.54) is 0 Å². The summed E-state index contributed by atoms with van der Waals surface area (Å²) in [5.74, 6) is -0.0325. The summed E-state index contributed by atoms with van der Waals surface area (Å²) in [4.78, 5) is 16.5. The Morgan fingerprint density at radius 3 is 3.10 bits per heavy atom. The van der Waals surface area contributed by atoms with Gasteiger partial charge >= 0.3 is 0 Å². The summed E-state index contributed by atoms with van der Waals surface area (Å²) in [6, 6.07) is 5.58. The first-order valence-electron chi connectivity index (χ1n) is 7.11. The minimum atomic E-state index is -0.435. The molecule has 6 heteroatoms. The maximum Gasteiger partial charge on any atom is 0.254 e. The summed E-state index contributed by atoms with van der Waals surface area (Å²) in [6.07, 6.45) is 1.93. The number of amides is 1. The van der Waals surface area contributed by atoms with Crippen molar-refractivity contribution in [3.8, 4) is 0 Å². The van der Waals surface area contributed by atoms with Crippen LogP contribution in [0.15, 0.2) is 24.4 Å². The predicted octanol–water partition coefficient (Wildman–Crippen LogP) is 0.700. The SMILES string of the molecule is CN(C)CC1CC(O)CN1C(=O)c1ccc2cn[nH]c2c1.